The predicted molar refractivity (Wildman–Crippen MR) is 69.4 cm³/mol. The lowest BCUT2D eigenvalue weighted by Gasteiger charge is -2.07. The van der Waals surface area contributed by atoms with Crippen LogP contribution in [0, 0.1) is 16.7 Å². The first-order chi connectivity index (χ1) is 7.78. The molecule has 1 aromatic rings. The van der Waals surface area contributed by atoms with Gasteiger partial charge in [-0.25, -0.2) is 4.98 Å². The van der Waals surface area contributed by atoms with E-state index in [2.05, 4.69) is 43.0 Å². The molecule has 1 heterocycles. The molecule has 1 saturated carbocycles. The van der Waals surface area contributed by atoms with E-state index >= 15 is 0 Å². The second kappa shape index (κ2) is 3.73. The maximum absolute atomic E-state index is 11.3. The van der Waals surface area contributed by atoms with Crippen molar-refractivity contribution in [1.82, 2.24) is 9.97 Å². The minimum atomic E-state index is -0.307. The molecule has 1 fully saturated rings. The van der Waals surface area contributed by atoms with E-state index < -0.39 is 0 Å². The highest BCUT2D eigenvalue weighted by Crippen LogP contribution is 2.68. The Morgan fingerprint density at radius 2 is 2.00 bits per heavy atom. The van der Waals surface area contributed by atoms with E-state index in [4.69, 9.17) is 11.6 Å². The number of H-pyrrole nitrogens is 1. The van der Waals surface area contributed by atoms with Crippen LogP contribution in [0.1, 0.15) is 27.7 Å². The summed E-state index contributed by atoms with van der Waals surface area (Å²) in [6.45, 7) is 9.81. The Labute approximate surface area is 106 Å². The number of anilines is 1. The molecule has 4 nitrogen and oxygen atoms in total. The molecule has 1 aromatic heterocycles. The Hall–Kier alpha value is -1.03. The lowest BCUT2D eigenvalue weighted by atomic mass is 10.0. The highest BCUT2D eigenvalue weighted by Gasteiger charge is 2.64. The Morgan fingerprint density at radius 1 is 1.41 bits per heavy atom. The average Bonchev–Trinajstić information content (AvgIpc) is 2.61. The van der Waals surface area contributed by atoms with Crippen molar-refractivity contribution in [3.8, 4) is 0 Å². The van der Waals surface area contributed by atoms with Crippen molar-refractivity contribution < 1.29 is 0 Å². The molecule has 0 aliphatic heterocycles. The highest BCUT2D eigenvalue weighted by molar-refractivity contribution is 6.32. The fourth-order valence-corrected chi connectivity index (χ4v) is 2.72. The summed E-state index contributed by atoms with van der Waals surface area (Å²) < 4.78 is 0. The molecule has 1 aliphatic rings. The summed E-state index contributed by atoms with van der Waals surface area (Å²) in [4.78, 5) is 17.8. The van der Waals surface area contributed by atoms with Crippen LogP contribution in [-0.4, -0.2) is 16.5 Å². The molecule has 0 saturated heterocycles. The molecule has 0 amide bonds. The van der Waals surface area contributed by atoms with Gasteiger partial charge in [0.15, 0.2) is 5.82 Å². The number of hydrogen-bond acceptors (Lipinski definition) is 3. The van der Waals surface area contributed by atoms with Crippen molar-refractivity contribution in [1.29, 1.82) is 0 Å². The molecule has 0 spiro atoms. The third-order valence-electron chi connectivity index (χ3n) is 4.59. The molecule has 1 aliphatic carbocycles. The first kappa shape index (κ1) is 12.4. The lowest BCUT2D eigenvalue weighted by molar-refractivity contribution is 0.457. The molecule has 0 atom stereocenters. The molecular weight excluding hydrogens is 238 g/mol. The van der Waals surface area contributed by atoms with Gasteiger partial charge in [0.2, 0.25) is 0 Å². The van der Waals surface area contributed by atoms with Crippen LogP contribution < -0.4 is 10.9 Å². The van der Waals surface area contributed by atoms with Crippen LogP contribution in [0.5, 0.6) is 0 Å². The van der Waals surface area contributed by atoms with Crippen LogP contribution in [0.4, 0.5) is 5.82 Å². The SMILES string of the molecule is CC1(C)C(CNc2nc[nH]c(=O)c2Cl)C1(C)C. The first-order valence-electron chi connectivity index (χ1n) is 5.75. The van der Waals surface area contributed by atoms with Gasteiger partial charge < -0.3 is 10.3 Å². The number of nitrogens with one attached hydrogen (secondary N) is 2. The monoisotopic (exact) mass is 255 g/mol. The van der Waals surface area contributed by atoms with Crippen LogP contribution in [0.25, 0.3) is 0 Å². The molecule has 94 valence electrons. The van der Waals surface area contributed by atoms with Gasteiger partial charge >= 0.3 is 0 Å². The van der Waals surface area contributed by atoms with Gasteiger partial charge in [-0.2, -0.15) is 0 Å². The molecular formula is C12H18ClN3O. The maximum atomic E-state index is 11.3. The predicted octanol–water partition coefficient (Wildman–Crippen LogP) is 2.52. The van der Waals surface area contributed by atoms with Crippen molar-refractivity contribution >= 4 is 17.4 Å². The van der Waals surface area contributed by atoms with Crippen molar-refractivity contribution in [3.05, 3.63) is 21.7 Å². The summed E-state index contributed by atoms with van der Waals surface area (Å²) in [7, 11) is 0. The minimum Gasteiger partial charge on any atom is -0.368 e. The topological polar surface area (TPSA) is 57.8 Å². The number of aromatic amines is 1. The summed E-state index contributed by atoms with van der Waals surface area (Å²) in [5.41, 5.74) is 0.319. The van der Waals surface area contributed by atoms with Crippen LogP contribution in [-0.2, 0) is 0 Å². The second-order valence-corrected chi connectivity index (χ2v) is 6.15. The van der Waals surface area contributed by atoms with Crippen LogP contribution >= 0.6 is 11.6 Å². The van der Waals surface area contributed by atoms with Gasteiger partial charge in [-0.05, 0) is 16.7 Å². The number of aromatic nitrogens is 2. The number of nitrogens with zero attached hydrogens (tertiary/aromatic N) is 1. The van der Waals surface area contributed by atoms with E-state index in [0.29, 0.717) is 22.6 Å². The summed E-state index contributed by atoms with van der Waals surface area (Å²) >= 11 is 5.87. The summed E-state index contributed by atoms with van der Waals surface area (Å²) in [6.07, 6.45) is 1.36. The molecule has 0 aromatic carbocycles. The molecule has 0 radical (unpaired) electrons. The fourth-order valence-electron chi connectivity index (χ4n) is 2.55. The molecule has 0 bridgehead atoms. The molecule has 0 unspecified atom stereocenters. The van der Waals surface area contributed by atoms with Crippen molar-refractivity contribution in [2.24, 2.45) is 16.7 Å². The summed E-state index contributed by atoms with van der Waals surface area (Å²) in [5.74, 6) is 1.03. The Balaban J connectivity index is 2.06. The van der Waals surface area contributed by atoms with E-state index in [0.717, 1.165) is 6.54 Å². The zero-order valence-corrected chi connectivity index (χ0v) is 11.4. The van der Waals surface area contributed by atoms with Gasteiger partial charge in [-0.15, -0.1) is 0 Å². The van der Waals surface area contributed by atoms with Crippen LogP contribution in [0.2, 0.25) is 5.02 Å². The van der Waals surface area contributed by atoms with Gasteiger partial charge in [-0.3, -0.25) is 4.79 Å². The van der Waals surface area contributed by atoms with Crippen molar-refractivity contribution in [2.45, 2.75) is 27.7 Å². The number of halogens is 1. The quantitative estimate of drug-likeness (QED) is 0.873. The van der Waals surface area contributed by atoms with Gasteiger partial charge in [0, 0.05) is 6.54 Å². The third kappa shape index (κ3) is 1.84. The second-order valence-electron chi connectivity index (χ2n) is 5.77. The van der Waals surface area contributed by atoms with E-state index in [1.54, 1.807) is 0 Å². The Kier molecular flexibility index (Phi) is 2.73. The lowest BCUT2D eigenvalue weighted by Crippen LogP contribution is -2.14. The van der Waals surface area contributed by atoms with Gasteiger partial charge in [0.1, 0.15) is 5.02 Å². The largest absolute Gasteiger partial charge is 0.368 e. The van der Waals surface area contributed by atoms with Crippen LogP contribution in [0.15, 0.2) is 11.1 Å². The number of rotatable bonds is 3. The molecule has 2 N–H and O–H groups in total. The van der Waals surface area contributed by atoms with Gasteiger partial charge in [-0.1, -0.05) is 39.3 Å². The smallest absolute Gasteiger partial charge is 0.271 e. The Morgan fingerprint density at radius 3 is 2.53 bits per heavy atom. The normalized spacial score (nSPS) is 21.2. The fraction of sp³-hybridized carbons (Fsp3) is 0.667. The van der Waals surface area contributed by atoms with Gasteiger partial charge in [0.25, 0.3) is 5.56 Å². The van der Waals surface area contributed by atoms with E-state index in [9.17, 15) is 4.79 Å². The zero-order chi connectivity index (χ0) is 12.8. The van der Waals surface area contributed by atoms with Crippen molar-refractivity contribution in [3.63, 3.8) is 0 Å². The Bertz CT molecular complexity index is 479. The van der Waals surface area contributed by atoms with Crippen LogP contribution in [0.3, 0.4) is 0 Å². The standard InChI is InChI=1S/C12H18ClN3O/c1-11(2)7(12(11,3)4)5-14-9-8(13)10(17)16-6-15-9/h6-7H,5H2,1-4H3,(H2,14,15,16,17). The van der Waals surface area contributed by atoms with E-state index in [1.165, 1.54) is 6.33 Å². The first-order valence-corrected chi connectivity index (χ1v) is 6.13. The minimum absolute atomic E-state index is 0.128. The summed E-state index contributed by atoms with van der Waals surface area (Å²) in [5, 5.41) is 3.29. The van der Waals surface area contributed by atoms with Crippen molar-refractivity contribution in [2.75, 3.05) is 11.9 Å². The average molecular weight is 256 g/mol. The molecule has 2 rings (SSSR count). The number of hydrogen-bond donors (Lipinski definition) is 2. The summed E-state index contributed by atoms with van der Waals surface area (Å²) in [6, 6.07) is 0. The van der Waals surface area contributed by atoms with Gasteiger partial charge in [0.05, 0.1) is 6.33 Å². The molecule has 17 heavy (non-hydrogen) atoms. The third-order valence-corrected chi connectivity index (χ3v) is 4.94. The van der Waals surface area contributed by atoms with E-state index in [-0.39, 0.29) is 10.6 Å². The zero-order valence-electron chi connectivity index (χ0n) is 10.6. The molecule has 5 heteroatoms. The maximum Gasteiger partial charge on any atom is 0.271 e. The highest BCUT2D eigenvalue weighted by atomic mass is 35.5. The van der Waals surface area contributed by atoms with E-state index in [1.807, 2.05) is 0 Å².